The van der Waals surface area contributed by atoms with E-state index in [1.165, 1.54) is 0 Å². The van der Waals surface area contributed by atoms with Crippen LogP contribution < -0.4 is 0 Å². The monoisotopic (exact) mass is 191 g/mol. The van der Waals surface area contributed by atoms with Crippen molar-refractivity contribution in [1.82, 2.24) is 25.5 Å². The molecule has 0 bridgehead atoms. The third-order valence-electron chi connectivity index (χ3n) is 2.25. The van der Waals surface area contributed by atoms with Gasteiger partial charge in [0.1, 0.15) is 0 Å². The second-order valence-corrected chi connectivity index (χ2v) is 3.28. The van der Waals surface area contributed by atoms with Gasteiger partial charge in [-0.25, -0.2) is 0 Å². The number of hydrogen-bond acceptors (Lipinski definition) is 4. The fourth-order valence-electron chi connectivity index (χ4n) is 1.60. The van der Waals surface area contributed by atoms with Gasteiger partial charge in [-0.3, -0.25) is 4.90 Å². The van der Waals surface area contributed by atoms with Crippen LogP contribution >= 0.6 is 0 Å². The van der Waals surface area contributed by atoms with Gasteiger partial charge in [-0.1, -0.05) is 12.2 Å². The smallest absolute Gasteiger partial charge is 0.201 e. The van der Waals surface area contributed by atoms with Crippen LogP contribution in [0.3, 0.4) is 0 Å². The van der Waals surface area contributed by atoms with Gasteiger partial charge in [0.25, 0.3) is 0 Å². The molecule has 0 aliphatic carbocycles. The summed E-state index contributed by atoms with van der Waals surface area (Å²) in [4.78, 5) is 2.30. The van der Waals surface area contributed by atoms with Crippen LogP contribution in [0, 0.1) is 0 Å². The van der Waals surface area contributed by atoms with Gasteiger partial charge in [-0.2, -0.15) is 5.21 Å². The van der Waals surface area contributed by atoms with Crippen molar-refractivity contribution in [3.63, 3.8) is 0 Å². The van der Waals surface area contributed by atoms with E-state index in [-0.39, 0.29) is 0 Å². The lowest BCUT2D eigenvalue weighted by molar-refractivity contribution is 0.337. The molecule has 0 aromatic carbocycles. The van der Waals surface area contributed by atoms with Crippen LogP contribution in [-0.2, 0) is 0 Å². The second kappa shape index (κ2) is 4.15. The number of aromatic nitrogens is 4. The molecule has 5 nitrogen and oxygen atoms in total. The van der Waals surface area contributed by atoms with Gasteiger partial charge in [-0.05, 0) is 11.6 Å². The molecule has 14 heavy (non-hydrogen) atoms. The summed E-state index contributed by atoms with van der Waals surface area (Å²) >= 11 is 0. The van der Waals surface area contributed by atoms with Gasteiger partial charge in [0.15, 0.2) is 0 Å². The number of H-pyrrole nitrogens is 1. The largest absolute Gasteiger partial charge is 0.295 e. The Balaban J connectivity index is 2.07. The van der Waals surface area contributed by atoms with Gasteiger partial charge >= 0.3 is 0 Å². The van der Waals surface area contributed by atoms with E-state index in [0.29, 0.717) is 5.82 Å². The SMILES string of the molecule is C=CCN1CCC=C(c2nn[nH]n2)C1. The normalized spacial score (nSPS) is 17.9. The van der Waals surface area contributed by atoms with Crippen LogP contribution in [0.4, 0.5) is 0 Å². The lowest BCUT2D eigenvalue weighted by Gasteiger charge is -2.24. The number of nitrogens with one attached hydrogen (secondary N) is 1. The summed E-state index contributed by atoms with van der Waals surface area (Å²) in [6, 6.07) is 0. The highest BCUT2D eigenvalue weighted by molar-refractivity contribution is 5.61. The van der Waals surface area contributed by atoms with E-state index in [1.54, 1.807) is 0 Å². The standard InChI is InChI=1S/C9H13N5/c1-2-5-14-6-3-4-8(7-14)9-10-12-13-11-9/h2,4H,1,3,5-7H2,(H,10,11,12,13). The molecule has 1 aliphatic heterocycles. The summed E-state index contributed by atoms with van der Waals surface area (Å²) in [6.45, 7) is 6.60. The van der Waals surface area contributed by atoms with Crippen molar-refractivity contribution < 1.29 is 0 Å². The lowest BCUT2D eigenvalue weighted by Crippen LogP contribution is -2.29. The summed E-state index contributed by atoms with van der Waals surface area (Å²) in [5.41, 5.74) is 1.15. The average Bonchev–Trinajstić information content (AvgIpc) is 2.71. The van der Waals surface area contributed by atoms with Crippen molar-refractivity contribution in [2.45, 2.75) is 6.42 Å². The first kappa shape index (κ1) is 9.08. The molecule has 0 saturated carbocycles. The van der Waals surface area contributed by atoms with E-state index in [0.717, 1.165) is 31.6 Å². The molecule has 0 saturated heterocycles. The highest BCUT2D eigenvalue weighted by atomic mass is 15.5. The highest BCUT2D eigenvalue weighted by Crippen LogP contribution is 2.16. The van der Waals surface area contributed by atoms with Crippen molar-refractivity contribution in [3.8, 4) is 0 Å². The Bertz CT molecular complexity index is 327. The molecule has 0 fully saturated rings. The Morgan fingerprint density at radius 3 is 3.29 bits per heavy atom. The molecule has 74 valence electrons. The average molecular weight is 191 g/mol. The van der Waals surface area contributed by atoms with Gasteiger partial charge < -0.3 is 0 Å². The van der Waals surface area contributed by atoms with Crippen molar-refractivity contribution >= 4 is 5.57 Å². The van der Waals surface area contributed by atoms with Crippen molar-refractivity contribution in [3.05, 3.63) is 24.6 Å². The lowest BCUT2D eigenvalue weighted by atomic mass is 10.1. The fourth-order valence-corrected chi connectivity index (χ4v) is 1.60. The maximum Gasteiger partial charge on any atom is 0.201 e. The second-order valence-electron chi connectivity index (χ2n) is 3.28. The van der Waals surface area contributed by atoms with Crippen molar-refractivity contribution in [1.29, 1.82) is 0 Å². The first-order valence-electron chi connectivity index (χ1n) is 4.66. The third-order valence-corrected chi connectivity index (χ3v) is 2.25. The Morgan fingerprint density at radius 2 is 2.57 bits per heavy atom. The van der Waals surface area contributed by atoms with E-state index in [4.69, 9.17) is 0 Å². The molecular formula is C9H13N5. The first-order valence-corrected chi connectivity index (χ1v) is 4.66. The molecule has 1 aliphatic rings. The summed E-state index contributed by atoms with van der Waals surface area (Å²) < 4.78 is 0. The van der Waals surface area contributed by atoms with E-state index < -0.39 is 0 Å². The van der Waals surface area contributed by atoms with E-state index >= 15 is 0 Å². The molecular weight excluding hydrogens is 178 g/mol. The maximum atomic E-state index is 3.97. The zero-order valence-electron chi connectivity index (χ0n) is 7.98. The molecule has 0 amide bonds. The number of hydrogen-bond donors (Lipinski definition) is 1. The van der Waals surface area contributed by atoms with E-state index in [1.807, 2.05) is 6.08 Å². The van der Waals surface area contributed by atoms with Crippen LogP contribution in [0.1, 0.15) is 12.2 Å². The molecule has 0 spiro atoms. The van der Waals surface area contributed by atoms with Gasteiger partial charge in [0, 0.05) is 25.2 Å². The number of aromatic amines is 1. The van der Waals surface area contributed by atoms with Crippen LogP contribution in [0.5, 0.6) is 0 Å². The minimum absolute atomic E-state index is 0.707. The molecule has 0 unspecified atom stereocenters. The van der Waals surface area contributed by atoms with Gasteiger partial charge in [0.05, 0.1) is 0 Å². The fraction of sp³-hybridized carbons (Fsp3) is 0.444. The molecule has 0 atom stereocenters. The Hall–Kier alpha value is -1.49. The quantitative estimate of drug-likeness (QED) is 0.706. The van der Waals surface area contributed by atoms with Crippen LogP contribution in [0.2, 0.25) is 0 Å². The Kier molecular flexibility index (Phi) is 2.69. The Morgan fingerprint density at radius 1 is 1.64 bits per heavy atom. The molecule has 2 rings (SSSR count). The zero-order chi connectivity index (χ0) is 9.80. The van der Waals surface area contributed by atoms with Gasteiger partial charge in [-0.15, -0.1) is 16.8 Å². The summed E-state index contributed by atoms with van der Waals surface area (Å²) in [6.07, 6.45) is 5.13. The van der Waals surface area contributed by atoms with Crippen LogP contribution in [0.15, 0.2) is 18.7 Å². The first-order chi connectivity index (χ1) is 6.90. The highest BCUT2D eigenvalue weighted by Gasteiger charge is 2.15. The van der Waals surface area contributed by atoms with Crippen molar-refractivity contribution in [2.24, 2.45) is 0 Å². The number of nitrogens with zero attached hydrogens (tertiary/aromatic N) is 4. The molecule has 1 aromatic heterocycles. The molecule has 5 heteroatoms. The molecule has 1 N–H and O–H groups in total. The summed E-state index contributed by atoms with van der Waals surface area (Å²) in [7, 11) is 0. The minimum atomic E-state index is 0.707. The minimum Gasteiger partial charge on any atom is -0.295 e. The maximum absolute atomic E-state index is 3.97. The van der Waals surface area contributed by atoms with Crippen LogP contribution in [0.25, 0.3) is 5.57 Å². The number of tetrazole rings is 1. The topological polar surface area (TPSA) is 57.7 Å². The summed E-state index contributed by atoms with van der Waals surface area (Å²) in [5.74, 6) is 0.707. The predicted molar refractivity (Wildman–Crippen MR) is 53.4 cm³/mol. The zero-order valence-corrected chi connectivity index (χ0v) is 7.98. The predicted octanol–water partition coefficient (Wildman–Crippen LogP) is 0.475. The summed E-state index contributed by atoms with van der Waals surface area (Å²) in [5, 5.41) is 13.9. The van der Waals surface area contributed by atoms with Crippen LogP contribution in [-0.4, -0.2) is 45.2 Å². The third kappa shape index (κ3) is 1.88. The van der Waals surface area contributed by atoms with E-state index in [9.17, 15) is 0 Å². The molecule has 1 aromatic rings. The Labute approximate surface area is 82.5 Å². The molecule has 2 heterocycles. The number of rotatable bonds is 3. The van der Waals surface area contributed by atoms with Gasteiger partial charge in [0.2, 0.25) is 5.82 Å². The van der Waals surface area contributed by atoms with Crippen molar-refractivity contribution in [2.75, 3.05) is 19.6 Å². The molecule has 0 radical (unpaired) electrons. The van der Waals surface area contributed by atoms with E-state index in [2.05, 4.69) is 38.2 Å².